The van der Waals surface area contributed by atoms with Gasteiger partial charge in [-0.2, -0.15) is 0 Å². The first-order valence-corrected chi connectivity index (χ1v) is 5.13. The van der Waals surface area contributed by atoms with Crippen LogP contribution in [0.1, 0.15) is 27.7 Å². The van der Waals surface area contributed by atoms with E-state index in [2.05, 4.69) is 23.7 Å². The molecule has 82 valence electrons. The summed E-state index contributed by atoms with van der Waals surface area (Å²) in [5, 5.41) is 0. The summed E-state index contributed by atoms with van der Waals surface area (Å²) >= 11 is 0. The molecule has 1 saturated heterocycles. The number of ether oxygens (including phenoxy) is 1. The summed E-state index contributed by atoms with van der Waals surface area (Å²) in [7, 11) is 0. The van der Waals surface area contributed by atoms with Crippen LogP contribution >= 0.6 is 0 Å². The second-order valence-corrected chi connectivity index (χ2v) is 4.61. The Morgan fingerprint density at radius 3 is 2.64 bits per heavy atom. The molecule has 0 amide bonds. The summed E-state index contributed by atoms with van der Waals surface area (Å²) in [4.78, 5) is 6.42. The van der Waals surface area contributed by atoms with Gasteiger partial charge in [0.05, 0.1) is 12.2 Å². The van der Waals surface area contributed by atoms with E-state index in [0.717, 1.165) is 19.7 Å². The molecule has 2 N–H and O–H groups in total. The minimum Gasteiger partial charge on any atom is -0.372 e. The van der Waals surface area contributed by atoms with Crippen LogP contribution in [0.2, 0.25) is 0 Å². The number of aliphatic imine (C=N–C) groups is 1. The van der Waals surface area contributed by atoms with Crippen molar-refractivity contribution in [3.05, 3.63) is 0 Å². The first kappa shape index (κ1) is 11.3. The summed E-state index contributed by atoms with van der Waals surface area (Å²) < 4.78 is 5.60. The summed E-state index contributed by atoms with van der Waals surface area (Å²) in [5.74, 6) is 0.636. The van der Waals surface area contributed by atoms with Gasteiger partial charge in [-0.15, -0.1) is 0 Å². The van der Waals surface area contributed by atoms with Crippen LogP contribution in [0.25, 0.3) is 0 Å². The maximum Gasteiger partial charge on any atom is 0.191 e. The normalized spacial score (nSPS) is 22.9. The van der Waals surface area contributed by atoms with Crippen molar-refractivity contribution in [1.82, 2.24) is 4.90 Å². The molecular formula is C10H21N3O. The van der Waals surface area contributed by atoms with Crippen molar-refractivity contribution in [1.29, 1.82) is 0 Å². The van der Waals surface area contributed by atoms with Crippen molar-refractivity contribution in [2.75, 3.05) is 19.7 Å². The Bertz CT molecular complexity index is 223. The topological polar surface area (TPSA) is 50.8 Å². The predicted octanol–water partition coefficient (Wildman–Crippen LogP) is 0.820. The number of morpholine rings is 1. The van der Waals surface area contributed by atoms with Crippen LogP contribution in [0.15, 0.2) is 4.99 Å². The predicted molar refractivity (Wildman–Crippen MR) is 58.4 cm³/mol. The molecule has 14 heavy (non-hydrogen) atoms. The van der Waals surface area contributed by atoms with E-state index < -0.39 is 0 Å². The zero-order valence-corrected chi connectivity index (χ0v) is 9.58. The lowest BCUT2D eigenvalue weighted by Gasteiger charge is -2.38. The first-order valence-electron chi connectivity index (χ1n) is 5.13. The number of hydrogen-bond acceptors (Lipinski definition) is 2. The molecule has 1 fully saturated rings. The van der Waals surface area contributed by atoms with Crippen molar-refractivity contribution >= 4 is 5.96 Å². The minimum atomic E-state index is -0.116. The van der Waals surface area contributed by atoms with E-state index in [1.54, 1.807) is 0 Å². The van der Waals surface area contributed by atoms with E-state index in [0.29, 0.717) is 5.96 Å². The summed E-state index contributed by atoms with van der Waals surface area (Å²) in [6, 6.07) is 0.251. The van der Waals surface area contributed by atoms with Crippen molar-refractivity contribution in [3.8, 4) is 0 Å². The fourth-order valence-electron chi connectivity index (χ4n) is 1.56. The van der Waals surface area contributed by atoms with Gasteiger partial charge in [-0.25, -0.2) is 0 Å². The molecule has 0 aliphatic carbocycles. The summed E-state index contributed by atoms with van der Waals surface area (Å²) in [6.07, 6.45) is 0. The average Bonchev–Trinajstić information content (AvgIpc) is 2.01. The highest BCUT2D eigenvalue weighted by Crippen LogP contribution is 2.15. The third-order valence-corrected chi connectivity index (χ3v) is 2.14. The quantitative estimate of drug-likeness (QED) is 0.502. The van der Waals surface area contributed by atoms with Gasteiger partial charge < -0.3 is 15.4 Å². The number of hydrogen-bond donors (Lipinski definition) is 1. The highest BCUT2D eigenvalue weighted by atomic mass is 16.5. The molecule has 0 saturated carbocycles. The fourth-order valence-corrected chi connectivity index (χ4v) is 1.56. The van der Waals surface area contributed by atoms with E-state index in [-0.39, 0.29) is 11.6 Å². The molecular weight excluding hydrogens is 178 g/mol. The Morgan fingerprint density at radius 1 is 1.50 bits per heavy atom. The zero-order chi connectivity index (χ0) is 10.8. The van der Waals surface area contributed by atoms with Crippen LogP contribution in [-0.4, -0.2) is 42.2 Å². The Labute approximate surface area is 86.1 Å². The lowest BCUT2D eigenvalue weighted by atomic mass is 10.1. The third-order valence-electron chi connectivity index (χ3n) is 2.14. The van der Waals surface area contributed by atoms with Gasteiger partial charge in [0, 0.05) is 19.1 Å². The first-order chi connectivity index (χ1) is 6.41. The van der Waals surface area contributed by atoms with Crippen molar-refractivity contribution in [2.45, 2.75) is 39.3 Å². The van der Waals surface area contributed by atoms with Crippen LogP contribution in [0.5, 0.6) is 0 Å². The van der Waals surface area contributed by atoms with E-state index in [4.69, 9.17) is 10.5 Å². The SMILES string of the molecule is CC(C)N=C(N)N1CCOC(C)(C)C1. The molecule has 0 aromatic carbocycles. The highest BCUT2D eigenvalue weighted by molar-refractivity contribution is 5.78. The Morgan fingerprint density at radius 2 is 2.14 bits per heavy atom. The molecule has 0 aromatic heterocycles. The lowest BCUT2D eigenvalue weighted by Crippen LogP contribution is -2.53. The van der Waals surface area contributed by atoms with Gasteiger partial charge in [-0.3, -0.25) is 4.99 Å². The smallest absolute Gasteiger partial charge is 0.191 e. The van der Waals surface area contributed by atoms with Gasteiger partial charge in [0.15, 0.2) is 5.96 Å². The van der Waals surface area contributed by atoms with Crippen LogP contribution in [-0.2, 0) is 4.74 Å². The van der Waals surface area contributed by atoms with Crippen LogP contribution in [0.4, 0.5) is 0 Å². The molecule has 0 atom stereocenters. The molecule has 0 radical (unpaired) electrons. The summed E-state index contributed by atoms with van der Waals surface area (Å²) in [5.41, 5.74) is 5.78. The van der Waals surface area contributed by atoms with Crippen molar-refractivity contribution < 1.29 is 4.74 Å². The third kappa shape index (κ3) is 3.18. The number of nitrogens with two attached hydrogens (primary N) is 1. The monoisotopic (exact) mass is 199 g/mol. The van der Waals surface area contributed by atoms with E-state index in [1.807, 2.05) is 13.8 Å². The van der Waals surface area contributed by atoms with Crippen molar-refractivity contribution in [3.63, 3.8) is 0 Å². The second kappa shape index (κ2) is 4.17. The fraction of sp³-hybridized carbons (Fsp3) is 0.900. The molecule has 1 aliphatic heterocycles. The molecule has 1 heterocycles. The summed E-state index contributed by atoms with van der Waals surface area (Å²) in [6.45, 7) is 10.6. The number of guanidine groups is 1. The molecule has 0 spiro atoms. The van der Waals surface area contributed by atoms with E-state index >= 15 is 0 Å². The van der Waals surface area contributed by atoms with Gasteiger partial charge in [0.2, 0.25) is 0 Å². The van der Waals surface area contributed by atoms with Crippen LogP contribution in [0.3, 0.4) is 0 Å². The van der Waals surface area contributed by atoms with Gasteiger partial charge in [-0.1, -0.05) is 0 Å². The Hall–Kier alpha value is -0.770. The lowest BCUT2D eigenvalue weighted by molar-refractivity contribution is -0.0681. The second-order valence-electron chi connectivity index (χ2n) is 4.61. The van der Waals surface area contributed by atoms with Gasteiger partial charge in [-0.05, 0) is 27.7 Å². The highest BCUT2D eigenvalue weighted by Gasteiger charge is 2.28. The van der Waals surface area contributed by atoms with Gasteiger partial charge in [0.1, 0.15) is 0 Å². The Kier molecular flexibility index (Phi) is 3.37. The van der Waals surface area contributed by atoms with Gasteiger partial charge >= 0.3 is 0 Å². The molecule has 4 heteroatoms. The van der Waals surface area contributed by atoms with Crippen LogP contribution < -0.4 is 5.73 Å². The molecule has 1 aliphatic rings. The van der Waals surface area contributed by atoms with Crippen molar-refractivity contribution in [2.24, 2.45) is 10.7 Å². The van der Waals surface area contributed by atoms with Gasteiger partial charge in [0.25, 0.3) is 0 Å². The molecule has 4 nitrogen and oxygen atoms in total. The van der Waals surface area contributed by atoms with Crippen LogP contribution in [0, 0.1) is 0 Å². The maximum absolute atomic E-state index is 5.89. The molecule has 1 rings (SSSR count). The molecule has 0 aromatic rings. The minimum absolute atomic E-state index is 0.116. The average molecular weight is 199 g/mol. The standard InChI is InChI=1S/C10H21N3O/c1-8(2)12-9(11)13-5-6-14-10(3,4)7-13/h8H,5-7H2,1-4H3,(H2,11,12). The molecule has 0 unspecified atom stereocenters. The maximum atomic E-state index is 5.89. The zero-order valence-electron chi connectivity index (χ0n) is 9.58. The number of rotatable bonds is 1. The van der Waals surface area contributed by atoms with E-state index in [1.165, 1.54) is 0 Å². The largest absolute Gasteiger partial charge is 0.372 e. The molecule has 0 bridgehead atoms. The number of nitrogens with zero attached hydrogens (tertiary/aromatic N) is 2. The Balaban J connectivity index is 2.60. The van der Waals surface area contributed by atoms with E-state index in [9.17, 15) is 0 Å².